The van der Waals surface area contributed by atoms with E-state index in [1.54, 1.807) is 4.90 Å². The van der Waals surface area contributed by atoms with Gasteiger partial charge in [-0.2, -0.15) is 4.31 Å². The predicted octanol–water partition coefficient (Wildman–Crippen LogP) is 0.742. The minimum atomic E-state index is -3.64. The van der Waals surface area contributed by atoms with E-state index in [4.69, 9.17) is 11.6 Å². The molecule has 1 aromatic rings. The van der Waals surface area contributed by atoms with Crippen molar-refractivity contribution >= 4 is 39.9 Å². The monoisotopic (exact) mass is 394 g/mol. The zero-order valence-electron chi connectivity index (χ0n) is 13.0. The molecule has 2 fully saturated rings. The molecule has 3 rings (SSSR count). The van der Waals surface area contributed by atoms with Crippen molar-refractivity contribution in [1.82, 2.24) is 19.5 Å². The maximum Gasteiger partial charge on any atom is 0.244 e. The smallest absolute Gasteiger partial charge is 0.244 e. The second kappa shape index (κ2) is 7.97. The Bertz CT molecular complexity index is 701. The molecule has 134 valence electrons. The molecule has 0 spiro atoms. The third kappa shape index (κ3) is 4.00. The largest absolute Gasteiger partial charge is 0.336 e. The number of rotatable bonds is 3. The van der Waals surface area contributed by atoms with Crippen molar-refractivity contribution < 1.29 is 13.2 Å². The van der Waals surface area contributed by atoms with Gasteiger partial charge < -0.3 is 10.2 Å². The molecule has 0 radical (unpaired) electrons. The highest BCUT2D eigenvalue weighted by Crippen LogP contribution is 2.24. The number of carbonyl (C=O) groups is 1. The highest BCUT2D eigenvalue weighted by atomic mass is 35.5. The van der Waals surface area contributed by atoms with Crippen molar-refractivity contribution in [3.05, 3.63) is 23.5 Å². The molecule has 2 aliphatic heterocycles. The normalized spacial score (nSPS) is 23.0. The number of carbonyl (C=O) groups excluding carboxylic acids is 1. The van der Waals surface area contributed by atoms with Crippen LogP contribution in [0.3, 0.4) is 0 Å². The summed E-state index contributed by atoms with van der Waals surface area (Å²) in [5.41, 5.74) is 0. The van der Waals surface area contributed by atoms with E-state index in [1.165, 1.54) is 22.8 Å². The fourth-order valence-corrected chi connectivity index (χ4v) is 4.83. The minimum Gasteiger partial charge on any atom is -0.336 e. The van der Waals surface area contributed by atoms with Crippen LogP contribution in [0.5, 0.6) is 0 Å². The Morgan fingerprint density at radius 1 is 1.29 bits per heavy atom. The SMILES string of the molecule is Cl.O=C1CNCCN1C1CCCN(S(=O)(=O)c2cncc(Cl)c2)C1. The van der Waals surface area contributed by atoms with E-state index >= 15 is 0 Å². The molecule has 0 aliphatic carbocycles. The first-order chi connectivity index (χ1) is 11.0. The number of hydrogen-bond acceptors (Lipinski definition) is 5. The van der Waals surface area contributed by atoms with Crippen molar-refractivity contribution in [2.75, 3.05) is 32.7 Å². The van der Waals surface area contributed by atoms with Crippen LogP contribution in [0, 0.1) is 0 Å². The maximum atomic E-state index is 12.8. The Morgan fingerprint density at radius 3 is 2.79 bits per heavy atom. The number of hydrogen-bond donors (Lipinski definition) is 1. The summed E-state index contributed by atoms with van der Waals surface area (Å²) in [6.45, 7) is 2.46. The zero-order chi connectivity index (χ0) is 16.4. The molecule has 10 heteroatoms. The number of halogens is 2. The second-order valence-corrected chi connectivity index (χ2v) is 8.14. The van der Waals surface area contributed by atoms with Crippen LogP contribution < -0.4 is 5.32 Å². The van der Waals surface area contributed by atoms with Gasteiger partial charge in [0.1, 0.15) is 4.90 Å². The molecule has 1 amide bonds. The van der Waals surface area contributed by atoms with Crippen molar-refractivity contribution in [3.8, 4) is 0 Å². The van der Waals surface area contributed by atoms with Gasteiger partial charge in [-0.05, 0) is 18.9 Å². The molecular formula is C14H20Cl2N4O3S. The van der Waals surface area contributed by atoms with Gasteiger partial charge in [-0.25, -0.2) is 8.42 Å². The van der Waals surface area contributed by atoms with Crippen LogP contribution in [-0.2, 0) is 14.8 Å². The number of nitrogens with one attached hydrogen (secondary N) is 1. The fraction of sp³-hybridized carbons (Fsp3) is 0.571. The molecule has 1 unspecified atom stereocenters. The number of nitrogens with zero attached hydrogens (tertiary/aromatic N) is 3. The van der Waals surface area contributed by atoms with E-state index in [-0.39, 0.29) is 34.3 Å². The van der Waals surface area contributed by atoms with E-state index in [2.05, 4.69) is 10.3 Å². The van der Waals surface area contributed by atoms with Crippen molar-refractivity contribution in [3.63, 3.8) is 0 Å². The van der Waals surface area contributed by atoms with Gasteiger partial charge in [-0.3, -0.25) is 9.78 Å². The molecule has 24 heavy (non-hydrogen) atoms. The first kappa shape index (κ1) is 19.4. The Morgan fingerprint density at radius 2 is 2.08 bits per heavy atom. The molecule has 2 aliphatic rings. The molecule has 1 N–H and O–H groups in total. The van der Waals surface area contributed by atoms with Gasteiger partial charge in [0.2, 0.25) is 15.9 Å². The van der Waals surface area contributed by atoms with Crippen LogP contribution in [-0.4, -0.2) is 67.3 Å². The maximum absolute atomic E-state index is 12.8. The summed E-state index contributed by atoms with van der Waals surface area (Å²) in [4.78, 5) is 17.8. The van der Waals surface area contributed by atoms with Crippen molar-refractivity contribution in [2.45, 2.75) is 23.8 Å². The number of aromatic nitrogens is 1. The number of piperidine rings is 1. The van der Waals surface area contributed by atoms with Crippen LogP contribution in [0.15, 0.2) is 23.4 Å². The van der Waals surface area contributed by atoms with E-state index in [0.717, 1.165) is 19.4 Å². The molecular weight excluding hydrogens is 375 g/mol. The summed E-state index contributed by atoms with van der Waals surface area (Å²) in [6, 6.07) is 1.34. The number of pyridine rings is 1. The highest BCUT2D eigenvalue weighted by molar-refractivity contribution is 7.89. The number of sulfonamides is 1. The summed E-state index contributed by atoms with van der Waals surface area (Å²) >= 11 is 5.85. The second-order valence-electron chi connectivity index (χ2n) is 5.76. The Balaban J connectivity index is 0.00000208. The predicted molar refractivity (Wildman–Crippen MR) is 92.9 cm³/mol. The van der Waals surface area contributed by atoms with E-state index in [9.17, 15) is 13.2 Å². The van der Waals surface area contributed by atoms with Gasteiger partial charge in [0.15, 0.2) is 0 Å². The Hall–Kier alpha value is -0.930. The number of amides is 1. The van der Waals surface area contributed by atoms with Gasteiger partial charge in [0.25, 0.3) is 0 Å². The molecule has 1 aromatic heterocycles. The van der Waals surface area contributed by atoms with Gasteiger partial charge in [-0.15, -0.1) is 12.4 Å². The first-order valence-corrected chi connectivity index (χ1v) is 9.41. The molecule has 2 saturated heterocycles. The molecule has 0 saturated carbocycles. The average molecular weight is 395 g/mol. The highest BCUT2D eigenvalue weighted by Gasteiger charge is 2.35. The third-order valence-electron chi connectivity index (χ3n) is 4.24. The number of piperazine rings is 1. The van der Waals surface area contributed by atoms with E-state index in [1.807, 2.05) is 0 Å². The van der Waals surface area contributed by atoms with Gasteiger partial charge in [-0.1, -0.05) is 11.6 Å². The Labute approximate surface area is 152 Å². The molecule has 3 heterocycles. The summed E-state index contributed by atoms with van der Waals surface area (Å²) in [5.74, 6) is 0.0323. The molecule has 1 atom stereocenters. The van der Waals surface area contributed by atoms with Crippen LogP contribution in [0.2, 0.25) is 5.02 Å². The van der Waals surface area contributed by atoms with Gasteiger partial charge in [0, 0.05) is 44.6 Å². The lowest BCUT2D eigenvalue weighted by Gasteiger charge is -2.40. The fourth-order valence-electron chi connectivity index (χ4n) is 3.08. The third-order valence-corrected chi connectivity index (χ3v) is 6.28. The first-order valence-electron chi connectivity index (χ1n) is 7.59. The molecule has 0 aromatic carbocycles. The van der Waals surface area contributed by atoms with Gasteiger partial charge >= 0.3 is 0 Å². The van der Waals surface area contributed by atoms with Gasteiger partial charge in [0.05, 0.1) is 11.6 Å². The van der Waals surface area contributed by atoms with E-state index in [0.29, 0.717) is 26.2 Å². The molecule has 0 bridgehead atoms. The standard InChI is InChI=1S/C14H19ClN4O3S.ClH/c15-11-6-13(8-17-7-11)23(21,22)18-4-1-2-12(10-18)19-5-3-16-9-14(19)20;/h6-8,12,16H,1-5,9-10H2;1H. The van der Waals surface area contributed by atoms with E-state index < -0.39 is 10.0 Å². The minimum absolute atomic E-state index is 0. The van der Waals surface area contributed by atoms with Crippen LogP contribution in [0.1, 0.15) is 12.8 Å². The summed E-state index contributed by atoms with van der Waals surface area (Å²) in [5, 5.41) is 3.32. The lowest BCUT2D eigenvalue weighted by molar-refractivity contribution is -0.135. The van der Waals surface area contributed by atoms with Crippen LogP contribution >= 0.6 is 24.0 Å². The lowest BCUT2D eigenvalue weighted by atomic mass is 10.1. The Kier molecular flexibility index (Phi) is 6.44. The summed E-state index contributed by atoms with van der Waals surface area (Å²) in [6.07, 6.45) is 4.26. The quantitative estimate of drug-likeness (QED) is 0.817. The summed E-state index contributed by atoms with van der Waals surface area (Å²) in [7, 11) is -3.64. The van der Waals surface area contributed by atoms with Crippen molar-refractivity contribution in [1.29, 1.82) is 0 Å². The molecule has 7 nitrogen and oxygen atoms in total. The van der Waals surface area contributed by atoms with Crippen LogP contribution in [0.25, 0.3) is 0 Å². The van der Waals surface area contributed by atoms with Crippen LogP contribution in [0.4, 0.5) is 0 Å². The summed E-state index contributed by atoms with van der Waals surface area (Å²) < 4.78 is 27.0. The zero-order valence-corrected chi connectivity index (χ0v) is 15.4. The lowest BCUT2D eigenvalue weighted by Crippen LogP contribution is -2.57. The average Bonchev–Trinajstić information content (AvgIpc) is 2.55. The topological polar surface area (TPSA) is 82.6 Å². The van der Waals surface area contributed by atoms with Crippen molar-refractivity contribution in [2.24, 2.45) is 0 Å².